The fourth-order valence-corrected chi connectivity index (χ4v) is 10.3. The highest BCUT2D eigenvalue weighted by Gasteiger charge is 2.24. The first kappa shape index (κ1) is 52.4. The fourth-order valence-electron chi connectivity index (χ4n) is 8.36. The van der Waals surface area contributed by atoms with E-state index in [4.69, 9.17) is 0 Å². The first-order valence-corrected chi connectivity index (χ1v) is 27.5. The standard InChI is InChI=1S/C56H46O12S4/c1-5-51(41-25-33-49(34-26-41)71(63,64)65)55(53(43-13-9-7-10-14-43)37(3)39-21-29-47(30-22-39)69(57,58)59)45-17-19-46(20-18-45)56(52(6-2)42-27-35-50(36-28-42)72(66,67)68)54(44-15-11-8-12-16-44)38(4)40-23-31-48(32-24-40)70(60,61)62/h5-36H,1-2H2,3-4H3,(H,57,58,59)(H,60,61,62)(H,63,64,65)(H,66,67,68)/b53-37+,54-38+,55-51+,56-52+. The van der Waals surface area contributed by atoms with E-state index >= 15 is 0 Å². The minimum atomic E-state index is -4.56. The van der Waals surface area contributed by atoms with Gasteiger partial charge in [-0.3, -0.25) is 18.2 Å². The van der Waals surface area contributed by atoms with Gasteiger partial charge in [-0.05, 0) is 151 Å². The van der Waals surface area contributed by atoms with Crippen molar-refractivity contribution in [1.29, 1.82) is 0 Å². The summed E-state index contributed by atoms with van der Waals surface area (Å²) in [4.78, 5) is -1.26. The van der Waals surface area contributed by atoms with Crippen LogP contribution in [0.4, 0.5) is 0 Å². The topological polar surface area (TPSA) is 217 Å². The number of hydrogen-bond donors (Lipinski definition) is 4. The first-order valence-electron chi connectivity index (χ1n) is 21.7. The summed E-state index contributed by atoms with van der Waals surface area (Å²) >= 11 is 0. The lowest BCUT2D eigenvalue weighted by atomic mass is 9.80. The Morgan fingerprint density at radius 3 is 0.736 bits per heavy atom. The highest BCUT2D eigenvalue weighted by atomic mass is 32.2. The van der Waals surface area contributed by atoms with Crippen LogP contribution < -0.4 is 0 Å². The Morgan fingerprint density at radius 2 is 0.514 bits per heavy atom. The second-order valence-electron chi connectivity index (χ2n) is 16.3. The van der Waals surface area contributed by atoms with Crippen molar-refractivity contribution in [2.75, 3.05) is 0 Å². The van der Waals surface area contributed by atoms with Gasteiger partial charge in [-0.15, -0.1) is 0 Å². The molecule has 0 fully saturated rings. The number of hydrogen-bond acceptors (Lipinski definition) is 8. The molecule has 7 aromatic rings. The molecular weight excluding hydrogens is 993 g/mol. The Kier molecular flexibility index (Phi) is 15.4. The van der Waals surface area contributed by atoms with Crippen molar-refractivity contribution in [2.45, 2.75) is 33.4 Å². The van der Waals surface area contributed by atoms with Gasteiger partial charge in [0.1, 0.15) is 0 Å². The van der Waals surface area contributed by atoms with E-state index in [1.54, 1.807) is 60.7 Å². The maximum Gasteiger partial charge on any atom is 0.294 e. The molecule has 0 aliphatic heterocycles. The highest BCUT2D eigenvalue weighted by Crippen LogP contribution is 2.46. The van der Waals surface area contributed by atoms with Crippen molar-refractivity contribution < 1.29 is 51.9 Å². The summed E-state index contributed by atoms with van der Waals surface area (Å²) in [6, 6.07) is 48.9. The molecule has 0 atom stereocenters. The van der Waals surface area contributed by atoms with Gasteiger partial charge in [0.15, 0.2) is 0 Å². The van der Waals surface area contributed by atoms with Gasteiger partial charge in [0.05, 0.1) is 19.6 Å². The van der Waals surface area contributed by atoms with E-state index in [0.29, 0.717) is 78.0 Å². The SMILES string of the molecule is C=C/C(=C(\C(=C(/C)c1ccc(S(=O)(=O)O)cc1)c1ccccc1)c1ccc(C(=C(/C=C)c2ccc(S(=O)(=O)O)cc2)/C(=C(\C)c2ccc(S(=O)(=O)O)cc2)c2ccccc2)cc1)c1ccc(S(=O)(=O)O)cc1. The Labute approximate surface area is 419 Å². The molecule has 72 heavy (non-hydrogen) atoms. The summed E-state index contributed by atoms with van der Waals surface area (Å²) in [7, 11) is -18.2. The van der Waals surface area contributed by atoms with E-state index < -0.39 is 40.5 Å². The van der Waals surface area contributed by atoms with Crippen LogP contribution in [-0.2, 0) is 40.5 Å². The summed E-state index contributed by atoms with van der Waals surface area (Å²) in [6.07, 6.45) is 3.24. The average Bonchev–Trinajstić information content (AvgIpc) is 3.36. The van der Waals surface area contributed by atoms with Crippen LogP contribution in [0.15, 0.2) is 227 Å². The van der Waals surface area contributed by atoms with Crippen molar-refractivity contribution in [3.8, 4) is 0 Å². The second kappa shape index (κ2) is 21.1. The highest BCUT2D eigenvalue weighted by molar-refractivity contribution is 7.86. The lowest BCUT2D eigenvalue weighted by Gasteiger charge is -2.23. The van der Waals surface area contributed by atoms with E-state index in [1.807, 2.05) is 98.8 Å². The number of benzene rings is 7. The van der Waals surface area contributed by atoms with Gasteiger partial charge in [-0.2, -0.15) is 33.7 Å². The molecular formula is C56H46O12S4. The molecule has 0 saturated heterocycles. The third-order valence-electron chi connectivity index (χ3n) is 11.9. The molecule has 0 heterocycles. The molecule has 0 aromatic heterocycles. The predicted molar refractivity (Wildman–Crippen MR) is 283 cm³/mol. The maximum absolute atomic E-state index is 12.2. The molecule has 0 aliphatic rings. The van der Waals surface area contributed by atoms with Crippen LogP contribution in [0.5, 0.6) is 0 Å². The summed E-state index contributed by atoms with van der Waals surface area (Å²) in [5.41, 5.74) is 9.88. The Balaban J connectivity index is 1.58. The van der Waals surface area contributed by atoms with E-state index in [2.05, 4.69) is 13.2 Å². The summed E-state index contributed by atoms with van der Waals surface area (Å²) in [5.74, 6) is 0. The van der Waals surface area contributed by atoms with Gasteiger partial charge in [-0.25, -0.2) is 0 Å². The van der Waals surface area contributed by atoms with Gasteiger partial charge in [0.25, 0.3) is 40.5 Å². The minimum absolute atomic E-state index is 0.302. The van der Waals surface area contributed by atoms with Gasteiger partial charge < -0.3 is 0 Å². The molecule has 366 valence electrons. The molecule has 0 radical (unpaired) electrons. The van der Waals surface area contributed by atoms with Crippen molar-refractivity contribution in [1.82, 2.24) is 0 Å². The van der Waals surface area contributed by atoms with E-state index in [-0.39, 0.29) is 19.6 Å². The second-order valence-corrected chi connectivity index (χ2v) is 22.0. The number of allylic oxidation sites excluding steroid dienone is 10. The van der Waals surface area contributed by atoms with Crippen molar-refractivity contribution in [2.24, 2.45) is 0 Å². The molecule has 4 N–H and O–H groups in total. The third kappa shape index (κ3) is 11.7. The van der Waals surface area contributed by atoms with Crippen LogP contribution in [0.1, 0.15) is 58.4 Å². The zero-order valence-corrected chi connectivity index (χ0v) is 41.8. The predicted octanol–water partition coefficient (Wildman–Crippen LogP) is 12.1. The third-order valence-corrected chi connectivity index (χ3v) is 15.4. The lowest BCUT2D eigenvalue weighted by Crippen LogP contribution is -2.02. The Hall–Kier alpha value is -7.38. The van der Waals surface area contributed by atoms with E-state index in [9.17, 15) is 51.9 Å². The zero-order chi connectivity index (χ0) is 52.2. The van der Waals surface area contributed by atoms with Crippen LogP contribution in [0.3, 0.4) is 0 Å². The summed E-state index contributed by atoms with van der Waals surface area (Å²) in [6.45, 7) is 12.1. The molecule has 0 spiro atoms. The molecule has 0 amide bonds. The molecule has 16 heteroatoms. The maximum atomic E-state index is 12.2. The fraction of sp³-hybridized carbons (Fsp3) is 0.0357. The lowest BCUT2D eigenvalue weighted by molar-refractivity contribution is 0.481. The monoisotopic (exact) mass is 1040 g/mol. The smallest absolute Gasteiger partial charge is 0.282 e. The van der Waals surface area contributed by atoms with Gasteiger partial charge >= 0.3 is 0 Å². The molecule has 0 bridgehead atoms. The summed E-state index contributed by atoms with van der Waals surface area (Å²) < 4.78 is 136. The Morgan fingerprint density at radius 1 is 0.306 bits per heavy atom. The van der Waals surface area contributed by atoms with E-state index in [0.717, 1.165) is 11.1 Å². The molecule has 0 unspecified atom stereocenters. The van der Waals surface area contributed by atoms with Crippen molar-refractivity contribution in [3.05, 3.63) is 252 Å². The normalized spacial score (nSPS) is 13.8. The first-order chi connectivity index (χ1) is 34.0. The van der Waals surface area contributed by atoms with Crippen LogP contribution in [0.2, 0.25) is 0 Å². The van der Waals surface area contributed by atoms with Crippen molar-refractivity contribution >= 4 is 85.1 Å². The van der Waals surface area contributed by atoms with Gasteiger partial charge in [-0.1, -0.05) is 159 Å². The Bertz CT molecular complexity index is 3550. The van der Waals surface area contributed by atoms with Gasteiger partial charge in [0, 0.05) is 0 Å². The largest absolute Gasteiger partial charge is 0.294 e. The zero-order valence-electron chi connectivity index (χ0n) is 38.6. The van der Waals surface area contributed by atoms with Crippen LogP contribution >= 0.6 is 0 Å². The molecule has 7 aromatic carbocycles. The average molecular weight is 1040 g/mol. The van der Waals surface area contributed by atoms with Gasteiger partial charge in [0.2, 0.25) is 0 Å². The quantitative estimate of drug-likeness (QED) is 0.0404. The van der Waals surface area contributed by atoms with Crippen molar-refractivity contribution in [3.63, 3.8) is 0 Å². The minimum Gasteiger partial charge on any atom is -0.282 e. The molecule has 0 aliphatic carbocycles. The molecule has 7 rings (SSSR count). The number of rotatable bonds is 16. The van der Waals surface area contributed by atoms with Crippen LogP contribution in [0, 0.1) is 0 Å². The van der Waals surface area contributed by atoms with Crippen LogP contribution in [0.25, 0.3) is 44.6 Å². The summed E-state index contributed by atoms with van der Waals surface area (Å²) in [5, 5.41) is 0. The van der Waals surface area contributed by atoms with Crippen LogP contribution in [-0.4, -0.2) is 51.9 Å². The van der Waals surface area contributed by atoms with E-state index in [1.165, 1.54) is 48.5 Å². The molecule has 12 nitrogen and oxygen atoms in total. The molecule has 0 saturated carbocycles.